The first-order valence-corrected chi connectivity index (χ1v) is 3.72. The Bertz CT molecular complexity index is 161. The Balaban J connectivity index is 4.63. The third-order valence-corrected chi connectivity index (χ3v) is 1.89. The van der Waals surface area contributed by atoms with E-state index in [-0.39, 0.29) is 6.42 Å². The molecule has 0 aliphatic carbocycles. The molecule has 0 aromatic carbocycles. The minimum absolute atomic E-state index is 0.205. The van der Waals surface area contributed by atoms with Gasteiger partial charge in [0.1, 0.15) is 0 Å². The summed E-state index contributed by atoms with van der Waals surface area (Å²) < 4.78 is 72.2. The van der Waals surface area contributed by atoms with E-state index in [0.29, 0.717) is 0 Å². The van der Waals surface area contributed by atoms with Crippen LogP contribution < -0.4 is 0 Å². The lowest BCUT2D eigenvalue weighted by Gasteiger charge is -2.27. The third kappa shape index (κ3) is 2.77. The second kappa shape index (κ2) is 3.75. The molecule has 13 heavy (non-hydrogen) atoms. The van der Waals surface area contributed by atoms with Crippen LogP contribution in [0.25, 0.3) is 0 Å². The lowest BCUT2D eigenvalue weighted by Crippen LogP contribution is -2.45. The molecule has 2 unspecified atom stereocenters. The number of hydrogen-bond acceptors (Lipinski definition) is 0. The van der Waals surface area contributed by atoms with Crippen molar-refractivity contribution >= 4 is 0 Å². The van der Waals surface area contributed by atoms with Gasteiger partial charge in [-0.1, -0.05) is 13.8 Å². The summed E-state index contributed by atoms with van der Waals surface area (Å²) in [6.45, 7) is 2.17. The standard InChI is InChI=1S/C7H10F6/c1-3-4(2)6(9,10)5(8)7(11,12)13/h4-5H,3H2,1-2H3. The molecule has 2 atom stereocenters. The smallest absolute Gasteiger partial charge is 0.231 e. The van der Waals surface area contributed by atoms with Crippen molar-refractivity contribution in [2.75, 3.05) is 0 Å². The molecule has 0 aromatic heterocycles. The largest absolute Gasteiger partial charge is 0.425 e. The zero-order valence-electron chi connectivity index (χ0n) is 7.13. The minimum Gasteiger partial charge on any atom is -0.231 e. The maximum absolute atomic E-state index is 12.6. The van der Waals surface area contributed by atoms with Crippen LogP contribution in [-0.2, 0) is 0 Å². The molecular weight excluding hydrogens is 198 g/mol. The average molecular weight is 208 g/mol. The van der Waals surface area contributed by atoms with Gasteiger partial charge in [0, 0.05) is 5.92 Å². The van der Waals surface area contributed by atoms with Crippen molar-refractivity contribution in [3.63, 3.8) is 0 Å². The second-order valence-corrected chi connectivity index (χ2v) is 2.89. The summed E-state index contributed by atoms with van der Waals surface area (Å²) in [6.07, 6.45) is -9.77. The van der Waals surface area contributed by atoms with Gasteiger partial charge < -0.3 is 0 Å². The van der Waals surface area contributed by atoms with E-state index < -0.39 is 24.2 Å². The van der Waals surface area contributed by atoms with Crippen LogP contribution in [-0.4, -0.2) is 18.3 Å². The lowest BCUT2D eigenvalue weighted by molar-refractivity contribution is -0.256. The van der Waals surface area contributed by atoms with Crippen LogP contribution in [0.2, 0.25) is 0 Å². The molecule has 0 amide bonds. The Hall–Kier alpha value is -0.420. The molecule has 0 bridgehead atoms. The third-order valence-electron chi connectivity index (χ3n) is 1.89. The number of halogens is 6. The first-order chi connectivity index (χ1) is 5.64. The molecule has 0 fully saturated rings. The first-order valence-electron chi connectivity index (χ1n) is 3.72. The molecule has 0 spiro atoms. The minimum atomic E-state index is -5.49. The molecule has 0 nitrogen and oxygen atoms in total. The Labute approximate surface area is 71.9 Å². The number of alkyl halides is 6. The molecule has 0 rings (SSSR count). The number of rotatable bonds is 3. The maximum Gasteiger partial charge on any atom is 0.425 e. The van der Waals surface area contributed by atoms with Gasteiger partial charge in [0.15, 0.2) is 0 Å². The quantitative estimate of drug-likeness (QED) is 0.622. The summed E-state index contributed by atoms with van der Waals surface area (Å²) in [5.41, 5.74) is 0. The van der Waals surface area contributed by atoms with Gasteiger partial charge in [-0.25, -0.2) is 13.2 Å². The van der Waals surface area contributed by atoms with Crippen LogP contribution in [0, 0.1) is 5.92 Å². The molecule has 6 heteroatoms. The Morgan fingerprint density at radius 2 is 1.46 bits per heavy atom. The van der Waals surface area contributed by atoms with Gasteiger partial charge in [-0.05, 0) is 6.42 Å². The summed E-state index contributed by atoms with van der Waals surface area (Å²) in [5, 5.41) is 0. The van der Waals surface area contributed by atoms with Crippen molar-refractivity contribution < 1.29 is 26.3 Å². The Morgan fingerprint density at radius 3 is 1.69 bits per heavy atom. The topological polar surface area (TPSA) is 0 Å². The highest BCUT2D eigenvalue weighted by Crippen LogP contribution is 2.40. The highest BCUT2D eigenvalue weighted by atomic mass is 19.4. The van der Waals surface area contributed by atoms with E-state index in [9.17, 15) is 26.3 Å². The summed E-state index contributed by atoms with van der Waals surface area (Å²) in [4.78, 5) is 0. The van der Waals surface area contributed by atoms with Gasteiger partial charge in [0.2, 0.25) is 0 Å². The van der Waals surface area contributed by atoms with Gasteiger partial charge in [-0.15, -0.1) is 0 Å². The zero-order chi connectivity index (χ0) is 10.9. The second-order valence-electron chi connectivity index (χ2n) is 2.89. The van der Waals surface area contributed by atoms with Crippen LogP contribution >= 0.6 is 0 Å². The fourth-order valence-corrected chi connectivity index (χ4v) is 0.740. The van der Waals surface area contributed by atoms with Crippen molar-refractivity contribution in [1.82, 2.24) is 0 Å². The molecule has 0 radical (unpaired) electrons. The van der Waals surface area contributed by atoms with Crippen molar-refractivity contribution in [2.45, 2.75) is 38.5 Å². The van der Waals surface area contributed by atoms with Crippen molar-refractivity contribution in [2.24, 2.45) is 5.92 Å². The molecule has 0 N–H and O–H groups in total. The van der Waals surface area contributed by atoms with Gasteiger partial charge in [0.05, 0.1) is 0 Å². The zero-order valence-corrected chi connectivity index (χ0v) is 7.13. The fourth-order valence-electron chi connectivity index (χ4n) is 0.740. The van der Waals surface area contributed by atoms with E-state index in [0.717, 1.165) is 6.92 Å². The summed E-state index contributed by atoms with van der Waals surface area (Å²) >= 11 is 0. The summed E-state index contributed by atoms with van der Waals surface area (Å²) in [5.74, 6) is -5.96. The van der Waals surface area contributed by atoms with Crippen LogP contribution in [0.15, 0.2) is 0 Å². The molecule has 0 aliphatic heterocycles. The fraction of sp³-hybridized carbons (Fsp3) is 1.00. The average Bonchev–Trinajstić information content (AvgIpc) is 1.99. The first kappa shape index (κ1) is 12.6. The summed E-state index contributed by atoms with van der Waals surface area (Å²) in [6, 6.07) is 0. The molecular formula is C7H10F6. The highest BCUT2D eigenvalue weighted by Gasteiger charge is 2.58. The van der Waals surface area contributed by atoms with Gasteiger partial charge in [0.25, 0.3) is 12.1 Å². The van der Waals surface area contributed by atoms with Crippen molar-refractivity contribution in [3.8, 4) is 0 Å². The monoisotopic (exact) mass is 208 g/mol. The summed E-state index contributed by atoms with van der Waals surface area (Å²) in [7, 11) is 0. The van der Waals surface area contributed by atoms with Crippen LogP contribution in [0.4, 0.5) is 26.3 Å². The highest BCUT2D eigenvalue weighted by molar-refractivity contribution is 4.86. The molecule has 0 aliphatic rings. The van der Waals surface area contributed by atoms with Crippen LogP contribution in [0.3, 0.4) is 0 Å². The molecule has 0 saturated heterocycles. The van der Waals surface area contributed by atoms with Gasteiger partial charge in [-0.2, -0.15) is 13.2 Å². The van der Waals surface area contributed by atoms with E-state index in [1.165, 1.54) is 6.92 Å². The normalized spacial score (nSPS) is 18.5. The van der Waals surface area contributed by atoms with E-state index in [4.69, 9.17) is 0 Å². The maximum atomic E-state index is 12.6. The SMILES string of the molecule is CCC(C)C(F)(F)C(F)C(F)(F)F. The molecule has 80 valence electrons. The molecule has 0 aromatic rings. The van der Waals surface area contributed by atoms with Gasteiger partial charge in [-0.3, -0.25) is 0 Å². The van der Waals surface area contributed by atoms with E-state index in [1.54, 1.807) is 0 Å². The van der Waals surface area contributed by atoms with Crippen LogP contribution in [0.1, 0.15) is 20.3 Å². The lowest BCUT2D eigenvalue weighted by atomic mass is 9.96. The Morgan fingerprint density at radius 1 is 1.08 bits per heavy atom. The number of hydrogen-bond donors (Lipinski definition) is 0. The predicted molar refractivity (Wildman–Crippen MR) is 35.4 cm³/mol. The van der Waals surface area contributed by atoms with Crippen LogP contribution in [0.5, 0.6) is 0 Å². The Kier molecular flexibility index (Phi) is 3.63. The van der Waals surface area contributed by atoms with E-state index in [2.05, 4.69) is 0 Å². The predicted octanol–water partition coefficient (Wildman–Crippen LogP) is 3.57. The molecule has 0 saturated carbocycles. The van der Waals surface area contributed by atoms with Gasteiger partial charge >= 0.3 is 6.18 Å². The van der Waals surface area contributed by atoms with Crippen molar-refractivity contribution in [1.29, 1.82) is 0 Å². The van der Waals surface area contributed by atoms with E-state index in [1.807, 2.05) is 0 Å². The van der Waals surface area contributed by atoms with Crippen molar-refractivity contribution in [3.05, 3.63) is 0 Å². The molecule has 0 heterocycles. The van der Waals surface area contributed by atoms with E-state index >= 15 is 0 Å².